The summed E-state index contributed by atoms with van der Waals surface area (Å²) >= 11 is 1.31. The molecule has 1 saturated heterocycles. The topological polar surface area (TPSA) is 97.6 Å². The Morgan fingerprint density at radius 2 is 1.94 bits per heavy atom. The number of piperidine rings is 1. The van der Waals surface area contributed by atoms with E-state index in [0.717, 1.165) is 40.9 Å². The number of nitrogens with one attached hydrogen (secondary N) is 1. The van der Waals surface area contributed by atoms with Crippen molar-refractivity contribution in [1.82, 2.24) is 9.88 Å². The number of thiophene rings is 1. The third-order valence-corrected chi connectivity index (χ3v) is 7.06. The molecular weight excluding hydrogens is 412 g/mol. The number of amides is 2. The maximum absolute atomic E-state index is 12.8. The number of carbonyl (C=O) groups excluding carboxylic acids is 2. The molecule has 0 atom stereocenters. The number of pyridine rings is 1. The largest absolute Gasteiger partial charge is 0.458 e. The number of urea groups is 1. The molecule has 7 nitrogen and oxygen atoms in total. The molecule has 1 aromatic carbocycles. The van der Waals surface area contributed by atoms with Crippen LogP contribution in [-0.4, -0.2) is 41.1 Å². The van der Waals surface area contributed by atoms with E-state index < -0.39 is 5.97 Å². The first kappa shape index (κ1) is 19.8. The molecule has 160 valence electrons. The minimum absolute atomic E-state index is 0.135. The number of anilines is 2. The maximum atomic E-state index is 12.8. The van der Waals surface area contributed by atoms with Gasteiger partial charge in [0.1, 0.15) is 15.8 Å². The van der Waals surface area contributed by atoms with Gasteiger partial charge in [-0.05, 0) is 43.0 Å². The van der Waals surface area contributed by atoms with Gasteiger partial charge in [0.25, 0.3) is 0 Å². The lowest BCUT2D eigenvalue weighted by molar-refractivity contribution is 0.0164. The van der Waals surface area contributed by atoms with Gasteiger partial charge >= 0.3 is 12.0 Å². The first-order chi connectivity index (χ1) is 15.1. The summed E-state index contributed by atoms with van der Waals surface area (Å²) < 4.78 is 5.74. The number of hydrogen-bond donors (Lipinski definition) is 2. The molecule has 1 aliphatic heterocycles. The molecule has 0 bridgehead atoms. The highest BCUT2D eigenvalue weighted by Crippen LogP contribution is 2.36. The molecule has 3 N–H and O–H groups in total. The van der Waals surface area contributed by atoms with Crippen molar-refractivity contribution in [2.75, 3.05) is 24.1 Å². The smallest absolute Gasteiger partial charge is 0.350 e. The second kappa shape index (κ2) is 8.19. The van der Waals surface area contributed by atoms with Crippen LogP contribution in [0.5, 0.6) is 0 Å². The lowest BCUT2D eigenvalue weighted by Crippen LogP contribution is -2.43. The summed E-state index contributed by atoms with van der Waals surface area (Å²) in [6, 6.07) is 11.3. The van der Waals surface area contributed by atoms with Gasteiger partial charge < -0.3 is 20.7 Å². The summed E-state index contributed by atoms with van der Waals surface area (Å²) in [6.45, 7) is 1.07. The van der Waals surface area contributed by atoms with Crippen LogP contribution >= 0.6 is 11.3 Å². The lowest BCUT2D eigenvalue weighted by atomic mass is 10.1. The molecule has 0 unspecified atom stereocenters. The average molecular weight is 437 g/mol. The fraction of sp³-hybridized carbons (Fsp3) is 0.348. The van der Waals surface area contributed by atoms with Gasteiger partial charge in [0.15, 0.2) is 0 Å². The minimum atomic E-state index is -0.396. The zero-order valence-corrected chi connectivity index (χ0v) is 17.9. The standard InChI is InChI=1S/C23H24N4O3S/c24-19-17-13-14-5-4-8-18(14)26-21(17)31-20(19)22(28)30-16-9-11-27(12-10-16)23(29)25-15-6-2-1-3-7-15/h1-3,6-7,13,16H,4-5,8-12,24H2,(H,25,29). The summed E-state index contributed by atoms with van der Waals surface area (Å²) in [4.78, 5) is 32.9. The van der Waals surface area contributed by atoms with Crippen molar-refractivity contribution in [1.29, 1.82) is 0 Å². The molecule has 1 aliphatic carbocycles. The summed E-state index contributed by atoms with van der Waals surface area (Å²) in [6.07, 6.45) is 4.10. The van der Waals surface area contributed by atoms with Crippen LogP contribution in [0.2, 0.25) is 0 Å². The van der Waals surface area contributed by atoms with Crippen molar-refractivity contribution in [2.45, 2.75) is 38.2 Å². The van der Waals surface area contributed by atoms with E-state index in [1.807, 2.05) is 30.3 Å². The second-order valence-electron chi connectivity index (χ2n) is 8.03. The number of rotatable bonds is 3. The van der Waals surface area contributed by atoms with Crippen LogP contribution in [0.3, 0.4) is 0 Å². The van der Waals surface area contributed by atoms with Crippen LogP contribution in [0.15, 0.2) is 36.4 Å². The van der Waals surface area contributed by atoms with E-state index in [-0.39, 0.29) is 12.1 Å². The Labute approximate surface area is 184 Å². The Kier molecular flexibility index (Phi) is 5.23. The zero-order valence-electron chi connectivity index (χ0n) is 17.1. The molecule has 2 aromatic heterocycles. The maximum Gasteiger partial charge on any atom is 0.350 e. The fourth-order valence-corrected chi connectivity index (χ4v) is 5.23. The molecule has 3 heterocycles. The first-order valence-corrected chi connectivity index (χ1v) is 11.4. The number of benzene rings is 1. The number of aromatic nitrogens is 1. The summed E-state index contributed by atoms with van der Waals surface area (Å²) in [7, 11) is 0. The van der Waals surface area contributed by atoms with Gasteiger partial charge in [-0.2, -0.15) is 0 Å². The molecule has 3 aromatic rings. The van der Waals surface area contributed by atoms with Crippen LogP contribution in [0.25, 0.3) is 10.2 Å². The molecule has 2 amide bonds. The van der Waals surface area contributed by atoms with Crippen molar-refractivity contribution in [3.63, 3.8) is 0 Å². The van der Waals surface area contributed by atoms with E-state index in [1.54, 1.807) is 4.90 Å². The number of nitrogen functional groups attached to an aromatic ring is 1. The number of ether oxygens (including phenoxy) is 1. The van der Waals surface area contributed by atoms with E-state index >= 15 is 0 Å². The van der Waals surface area contributed by atoms with Crippen molar-refractivity contribution in [2.24, 2.45) is 0 Å². The van der Waals surface area contributed by atoms with Gasteiger partial charge in [0, 0.05) is 42.7 Å². The first-order valence-electron chi connectivity index (χ1n) is 10.6. The van der Waals surface area contributed by atoms with Crippen molar-refractivity contribution < 1.29 is 14.3 Å². The number of fused-ring (bicyclic) bond motifs is 2. The van der Waals surface area contributed by atoms with Gasteiger partial charge in [0.05, 0.1) is 5.69 Å². The number of likely N-dealkylation sites (tertiary alicyclic amines) is 1. The number of nitrogens with zero attached hydrogens (tertiary/aromatic N) is 2. The molecule has 8 heteroatoms. The Hall–Kier alpha value is -3.13. The predicted octanol–water partition coefficient (Wildman–Crippen LogP) is 4.22. The van der Waals surface area contributed by atoms with Crippen LogP contribution in [0.4, 0.5) is 16.2 Å². The normalized spacial score (nSPS) is 16.3. The van der Waals surface area contributed by atoms with Gasteiger partial charge in [-0.15, -0.1) is 11.3 Å². The Morgan fingerprint density at radius 1 is 1.16 bits per heavy atom. The molecule has 2 aliphatic rings. The number of hydrogen-bond acceptors (Lipinski definition) is 6. The van der Waals surface area contributed by atoms with Gasteiger partial charge in [0.2, 0.25) is 0 Å². The highest BCUT2D eigenvalue weighted by molar-refractivity contribution is 7.21. The van der Waals surface area contributed by atoms with Gasteiger partial charge in [-0.25, -0.2) is 14.6 Å². The van der Waals surface area contributed by atoms with Crippen LogP contribution in [0, 0.1) is 0 Å². The fourth-order valence-electron chi connectivity index (χ4n) is 4.26. The van der Waals surface area contributed by atoms with E-state index in [2.05, 4.69) is 11.4 Å². The van der Waals surface area contributed by atoms with Gasteiger partial charge in [-0.1, -0.05) is 18.2 Å². The molecule has 1 fully saturated rings. The summed E-state index contributed by atoms with van der Waals surface area (Å²) in [5, 5.41) is 3.74. The second-order valence-corrected chi connectivity index (χ2v) is 9.03. The van der Waals surface area contributed by atoms with Crippen molar-refractivity contribution >= 4 is 44.9 Å². The van der Waals surface area contributed by atoms with E-state index in [1.165, 1.54) is 16.9 Å². The van der Waals surface area contributed by atoms with Gasteiger partial charge in [-0.3, -0.25) is 0 Å². The number of nitrogens with two attached hydrogens (primary N) is 1. The van der Waals surface area contributed by atoms with Crippen LogP contribution < -0.4 is 11.1 Å². The highest BCUT2D eigenvalue weighted by atomic mass is 32.1. The summed E-state index contributed by atoms with van der Waals surface area (Å²) in [5.41, 5.74) is 9.87. The van der Waals surface area contributed by atoms with Crippen LogP contribution in [0.1, 0.15) is 40.2 Å². The number of esters is 1. The average Bonchev–Trinajstić information content (AvgIpc) is 3.37. The lowest BCUT2D eigenvalue weighted by Gasteiger charge is -2.31. The summed E-state index contributed by atoms with van der Waals surface area (Å²) in [5.74, 6) is -0.396. The number of carbonyl (C=O) groups is 2. The molecule has 31 heavy (non-hydrogen) atoms. The molecule has 0 spiro atoms. The predicted molar refractivity (Wildman–Crippen MR) is 122 cm³/mol. The van der Waals surface area contributed by atoms with Crippen molar-refractivity contribution in [3.05, 3.63) is 52.5 Å². The third kappa shape index (κ3) is 3.95. The highest BCUT2D eigenvalue weighted by Gasteiger charge is 2.28. The van der Waals surface area contributed by atoms with Crippen LogP contribution in [-0.2, 0) is 17.6 Å². The van der Waals surface area contributed by atoms with E-state index in [9.17, 15) is 9.59 Å². The zero-order chi connectivity index (χ0) is 21.4. The molecule has 0 radical (unpaired) electrons. The van der Waals surface area contributed by atoms with E-state index in [0.29, 0.717) is 36.5 Å². The molecule has 0 saturated carbocycles. The van der Waals surface area contributed by atoms with Crippen molar-refractivity contribution in [3.8, 4) is 0 Å². The Morgan fingerprint density at radius 3 is 2.71 bits per heavy atom. The Balaban J connectivity index is 1.20. The van der Waals surface area contributed by atoms with E-state index in [4.69, 9.17) is 15.5 Å². The molecular formula is C23H24N4O3S. The SMILES string of the molecule is Nc1c(C(=O)OC2CCN(C(=O)Nc3ccccc3)CC2)sc2nc3c(cc12)CCC3. The third-order valence-electron chi connectivity index (χ3n) is 5.96. The number of aryl methyl sites for hydroxylation is 2. The quantitative estimate of drug-likeness (QED) is 0.599. The molecule has 5 rings (SSSR count). The monoisotopic (exact) mass is 436 g/mol. The Bertz CT molecular complexity index is 1140. The minimum Gasteiger partial charge on any atom is -0.458 e. The number of para-hydroxylation sites is 1.